The van der Waals surface area contributed by atoms with Gasteiger partial charge in [-0.3, -0.25) is 4.21 Å². The molecule has 0 radical (unpaired) electrons. The molecule has 2 aromatic heterocycles. The minimum atomic E-state index is -1.15. The minimum Gasteiger partial charge on any atom is -0.448 e. The van der Waals surface area contributed by atoms with Gasteiger partial charge in [-0.15, -0.1) is 0 Å². The zero-order valence-electron chi connectivity index (χ0n) is 18.5. The maximum atomic E-state index is 12.5. The molecule has 0 aromatic carbocycles. The molecule has 1 amide bonds. The minimum absolute atomic E-state index is 0.0887. The Morgan fingerprint density at radius 2 is 2.09 bits per heavy atom. The Hall–Kier alpha value is -3.08. The molecule has 1 aliphatic carbocycles. The molecule has 5 rings (SSSR count). The van der Waals surface area contributed by atoms with Gasteiger partial charge in [0.2, 0.25) is 5.95 Å². The first-order chi connectivity index (χ1) is 16.0. The summed E-state index contributed by atoms with van der Waals surface area (Å²) in [5, 5.41) is 3.22. The highest BCUT2D eigenvalue weighted by Crippen LogP contribution is 2.39. The number of aromatic nitrogens is 4. The molecule has 0 spiro atoms. The molecule has 1 saturated carbocycles. The summed E-state index contributed by atoms with van der Waals surface area (Å²) in [5.41, 5.74) is 8.23. The zero-order valence-corrected chi connectivity index (χ0v) is 19.3. The van der Waals surface area contributed by atoms with E-state index in [9.17, 15) is 9.00 Å². The summed E-state index contributed by atoms with van der Waals surface area (Å²) < 4.78 is 17.4. The number of nitrogens with one attached hydrogen (secondary N) is 1. The molecular weight excluding hydrogens is 442 g/mol. The number of nitrogens with zero attached hydrogens (tertiary/aromatic N) is 5. The fourth-order valence-electron chi connectivity index (χ4n) is 4.09. The van der Waals surface area contributed by atoms with Crippen molar-refractivity contribution in [2.75, 3.05) is 35.7 Å². The highest BCUT2D eigenvalue weighted by atomic mass is 32.2. The van der Waals surface area contributed by atoms with Gasteiger partial charge in [-0.2, -0.15) is 4.98 Å². The SMILES string of the molecule is CC(COC(N)=O)Nc1nc(N2CC=C(c3ncc(C4CC4)cn3)CC2)nc2c1S(=O)CC2. The van der Waals surface area contributed by atoms with Gasteiger partial charge < -0.3 is 20.7 Å². The third-order valence-electron chi connectivity index (χ3n) is 6.03. The summed E-state index contributed by atoms with van der Waals surface area (Å²) in [5.74, 6) is 3.09. The number of hydrogen-bond acceptors (Lipinski definition) is 9. The third-order valence-corrected chi connectivity index (χ3v) is 7.49. The van der Waals surface area contributed by atoms with Crippen molar-refractivity contribution in [1.29, 1.82) is 0 Å². The van der Waals surface area contributed by atoms with E-state index in [2.05, 4.69) is 26.3 Å². The summed E-state index contributed by atoms with van der Waals surface area (Å²) in [6.07, 6.45) is 9.12. The van der Waals surface area contributed by atoms with Crippen molar-refractivity contribution in [3.05, 3.63) is 35.6 Å². The first kappa shape index (κ1) is 21.7. The van der Waals surface area contributed by atoms with Gasteiger partial charge in [0.25, 0.3) is 0 Å². The van der Waals surface area contributed by atoms with Crippen LogP contribution in [-0.2, 0) is 22.0 Å². The van der Waals surface area contributed by atoms with Crippen molar-refractivity contribution in [1.82, 2.24) is 19.9 Å². The Morgan fingerprint density at radius 3 is 2.76 bits per heavy atom. The molecule has 3 N–H and O–H groups in total. The van der Waals surface area contributed by atoms with E-state index in [0.717, 1.165) is 30.1 Å². The number of anilines is 2. The second kappa shape index (κ2) is 9.05. The Bertz CT molecular complexity index is 1120. The molecule has 0 saturated heterocycles. The monoisotopic (exact) mass is 469 g/mol. The molecule has 174 valence electrons. The molecule has 10 nitrogen and oxygen atoms in total. The summed E-state index contributed by atoms with van der Waals surface area (Å²) in [4.78, 5) is 32.2. The molecule has 11 heteroatoms. The third kappa shape index (κ3) is 4.82. The number of fused-ring (bicyclic) bond motifs is 1. The van der Waals surface area contributed by atoms with Crippen molar-refractivity contribution >= 4 is 34.2 Å². The van der Waals surface area contributed by atoms with E-state index in [1.165, 1.54) is 18.4 Å². The van der Waals surface area contributed by atoms with Crippen molar-refractivity contribution in [2.45, 2.75) is 49.5 Å². The van der Waals surface area contributed by atoms with E-state index in [-0.39, 0.29) is 12.6 Å². The van der Waals surface area contributed by atoms with Gasteiger partial charge in [0.1, 0.15) is 17.3 Å². The number of amides is 1. The number of nitrogens with two attached hydrogens (primary N) is 1. The van der Waals surface area contributed by atoms with Gasteiger partial charge in [0, 0.05) is 37.7 Å². The second-order valence-corrected chi connectivity index (χ2v) is 10.2. The van der Waals surface area contributed by atoms with Crippen molar-refractivity contribution < 1.29 is 13.7 Å². The normalized spacial score (nSPS) is 20.7. The molecule has 2 aromatic rings. The largest absolute Gasteiger partial charge is 0.448 e. The van der Waals surface area contributed by atoms with Gasteiger partial charge in [-0.1, -0.05) is 6.08 Å². The predicted molar refractivity (Wildman–Crippen MR) is 124 cm³/mol. The topological polar surface area (TPSA) is 136 Å². The first-order valence-electron chi connectivity index (χ1n) is 11.2. The lowest BCUT2D eigenvalue weighted by Crippen LogP contribution is -2.31. The van der Waals surface area contributed by atoms with Crippen LogP contribution in [0, 0.1) is 0 Å². The van der Waals surface area contributed by atoms with Crippen LogP contribution in [0.5, 0.6) is 0 Å². The quantitative estimate of drug-likeness (QED) is 0.624. The number of carbonyl (C=O) groups excluding carboxylic acids is 1. The van der Waals surface area contributed by atoms with Crippen LogP contribution in [0.3, 0.4) is 0 Å². The van der Waals surface area contributed by atoms with Gasteiger partial charge in [0.05, 0.1) is 22.5 Å². The van der Waals surface area contributed by atoms with Crippen LogP contribution < -0.4 is 16.0 Å². The summed E-state index contributed by atoms with van der Waals surface area (Å²) >= 11 is 0. The molecule has 4 heterocycles. The average Bonchev–Trinajstić information content (AvgIpc) is 3.60. The molecule has 33 heavy (non-hydrogen) atoms. The summed E-state index contributed by atoms with van der Waals surface area (Å²) in [7, 11) is -1.15. The Kier molecular flexibility index (Phi) is 5.96. The lowest BCUT2D eigenvalue weighted by Gasteiger charge is -2.27. The smallest absolute Gasteiger partial charge is 0.404 e. The Balaban J connectivity index is 1.33. The maximum Gasteiger partial charge on any atom is 0.404 e. The Labute approximate surface area is 194 Å². The van der Waals surface area contributed by atoms with Crippen LogP contribution in [0.4, 0.5) is 16.6 Å². The molecule has 2 unspecified atom stereocenters. The van der Waals surface area contributed by atoms with Crippen molar-refractivity contribution in [3.8, 4) is 0 Å². The van der Waals surface area contributed by atoms with Crippen LogP contribution >= 0.6 is 0 Å². The van der Waals surface area contributed by atoms with Crippen molar-refractivity contribution in [3.63, 3.8) is 0 Å². The van der Waals surface area contributed by atoms with E-state index < -0.39 is 16.9 Å². The fourth-order valence-corrected chi connectivity index (χ4v) is 5.40. The number of hydrogen-bond donors (Lipinski definition) is 2. The predicted octanol–water partition coefficient (Wildman–Crippen LogP) is 2.00. The van der Waals surface area contributed by atoms with Crippen LogP contribution in [-0.4, -0.2) is 61.7 Å². The van der Waals surface area contributed by atoms with Crippen LogP contribution in [0.2, 0.25) is 0 Å². The van der Waals surface area contributed by atoms with E-state index in [0.29, 0.717) is 41.3 Å². The van der Waals surface area contributed by atoms with Gasteiger partial charge in [-0.05, 0) is 43.2 Å². The van der Waals surface area contributed by atoms with Gasteiger partial charge in [-0.25, -0.2) is 19.7 Å². The molecule has 0 bridgehead atoms. The molecule has 2 atom stereocenters. The van der Waals surface area contributed by atoms with Crippen LogP contribution in [0.1, 0.15) is 49.2 Å². The fraction of sp³-hybridized carbons (Fsp3) is 0.500. The van der Waals surface area contributed by atoms with E-state index in [1.807, 2.05) is 19.3 Å². The Morgan fingerprint density at radius 1 is 1.30 bits per heavy atom. The van der Waals surface area contributed by atoms with Gasteiger partial charge >= 0.3 is 6.09 Å². The number of ether oxygens (including phenoxy) is 1. The number of rotatable bonds is 7. The molecule has 2 aliphatic heterocycles. The zero-order chi connectivity index (χ0) is 22.9. The summed E-state index contributed by atoms with van der Waals surface area (Å²) in [6, 6.07) is -0.245. The van der Waals surface area contributed by atoms with E-state index in [1.54, 1.807) is 0 Å². The van der Waals surface area contributed by atoms with Crippen LogP contribution in [0.25, 0.3) is 5.57 Å². The maximum absolute atomic E-state index is 12.5. The highest BCUT2D eigenvalue weighted by molar-refractivity contribution is 7.85. The lowest BCUT2D eigenvalue weighted by atomic mass is 10.1. The number of primary amides is 1. The highest BCUT2D eigenvalue weighted by Gasteiger charge is 2.29. The van der Waals surface area contributed by atoms with E-state index >= 15 is 0 Å². The number of aryl methyl sites for hydroxylation is 1. The second-order valence-electron chi connectivity index (χ2n) is 8.66. The lowest BCUT2D eigenvalue weighted by molar-refractivity contribution is 0.153. The first-order valence-corrected chi connectivity index (χ1v) is 12.5. The van der Waals surface area contributed by atoms with Gasteiger partial charge in [0.15, 0.2) is 5.82 Å². The average molecular weight is 470 g/mol. The molecular formula is C22H27N7O3S. The van der Waals surface area contributed by atoms with Crippen LogP contribution in [0.15, 0.2) is 23.4 Å². The number of carbonyl (C=O) groups is 1. The standard InChI is InChI=1S/C22H27N7O3S/c1-13(12-32-21(23)30)26-20-18-17(6-9-33(18)31)27-22(28-20)29-7-4-15(5-8-29)19-24-10-16(11-25-19)14-2-3-14/h4,10-11,13-14H,2-3,5-9,12H2,1H3,(H2,23,30)(H,26,27,28). The molecule has 3 aliphatic rings. The molecule has 1 fully saturated rings. The van der Waals surface area contributed by atoms with E-state index in [4.69, 9.17) is 20.4 Å². The van der Waals surface area contributed by atoms with Crippen molar-refractivity contribution in [2.24, 2.45) is 5.73 Å². The summed E-state index contributed by atoms with van der Waals surface area (Å²) in [6.45, 7) is 3.32.